The summed E-state index contributed by atoms with van der Waals surface area (Å²) < 4.78 is 83.6. The maximum atomic E-state index is 13.5. The van der Waals surface area contributed by atoms with E-state index in [0.29, 0.717) is 12.0 Å². The van der Waals surface area contributed by atoms with Gasteiger partial charge < -0.3 is 15.4 Å². The first-order valence-electron chi connectivity index (χ1n) is 12.0. The maximum Gasteiger partial charge on any atom is 0.491 e. The number of sulfonamides is 1. The van der Waals surface area contributed by atoms with Crippen LogP contribution < -0.4 is 10.5 Å². The second-order valence-electron chi connectivity index (χ2n) is 9.36. The Hall–Kier alpha value is -2.57. The highest BCUT2D eigenvalue weighted by atomic mass is 32.2. The maximum absolute atomic E-state index is 13.5. The lowest BCUT2D eigenvalue weighted by Crippen LogP contribution is -2.41. The van der Waals surface area contributed by atoms with Gasteiger partial charge in [0.1, 0.15) is 5.78 Å². The van der Waals surface area contributed by atoms with Crippen LogP contribution in [0.25, 0.3) is 0 Å². The predicted octanol–water partition coefficient (Wildman–Crippen LogP) is 3.67. The van der Waals surface area contributed by atoms with Crippen LogP contribution >= 0.6 is 7.37 Å². The molecule has 0 saturated carbocycles. The van der Waals surface area contributed by atoms with E-state index in [4.69, 9.17) is 5.73 Å². The van der Waals surface area contributed by atoms with E-state index in [1.807, 2.05) is 30.3 Å². The van der Waals surface area contributed by atoms with Gasteiger partial charge in [-0.25, -0.2) is 17.9 Å². The van der Waals surface area contributed by atoms with E-state index in [1.54, 1.807) is 6.07 Å². The molecule has 9 nitrogen and oxygen atoms in total. The molecule has 0 heterocycles. The molecule has 4 N–H and O–H groups in total. The van der Waals surface area contributed by atoms with Crippen LogP contribution in [0.2, 0.25) is 0 Å². The Kier molecular flexibility index (Phi) is 11.4. The highest BCUT2D eigenvalue weighted by Crippen LogP contribution is 2.51. The van der Waals surface area contributed by atoms with Crippen LogP contribution in [0.1, 0.15) is 42.9 Å². The largest absolute Gasteiger partial charge is 0.491 e. The van der Waals surface area contributed by atoms with Gasteiger partial charge in [0.25, 0.3) is 0 Å². The molecule has 0 aliphatic heterocycles. The number of hydrogen-bond donors (Lipinski definition) is 3. The van der Waals surface area contributed by atoms with Gasteiger partial charge in [0.15, 0.2) is 0 Å². The number of alkyl halides is 3. The molecule has 2 aromatic rings. The summed E-state index contributed by atoms with van der Waals surface area (Å²) in [6.07, 6.45) is -5.79. The number of carbonyl (C=O) groups excluding carboxylic acids is 2. The minimum absolute atomic E-state index is 0.00866. The van der Waals surface area contributed by atoms with Crippen LogP contribution in [0.4, 0.5) is 13.2 Å². The summed E-state index contributed by atoms with van der Waals surface area (Å²) in [4.78, 5) is 35.0. The zero-order valence-corrected chi connectivity index (χ0v) is 23.1. The number of halogens is 3. The van der Waals surface area contributed by atoms with Crippen molar-refractivity contribution in [1.82, 2.24) is 4.72 Å². The monoisotopic (exact) mass is 592 g/mol. The summed E-state index contributed by atoms with van der Waals surface area (Å²) in [6, 6.07) is 14.7. The van der Waals surface area contributed by atoms with E-state index in [1.165, 1.54) is 32.0 Å². The minimum Gasteiger partial charge on any atom is -0.386 e. The van der Waals surface area contributed by atoms with E-state index in [2.05, 4.69) is 9.46 Å². The number of nitrogens with two attached hydrogens (primary N) is 1. The molecule has 0 aliphatic carbocycles. The Labute approximate surface area is 225 Å². The summed E-state index contributed by atoms with van der Waals surface area (Å²) >= 11 is 0. The lowest BCUT2D eigenvalue weighted by Gasteiger charge is -2.29. The summed E-state index contributed by atoms with van der Waals surface area (Å²) in [6.45, 7) is 2.95. The number of benzene rings is 2. The van der Waals surface area contributed by atoms with Gasteiger partial charge in [-0.15, -0.1) is 0 Å². The topological polar surface area (TPSA) is 153 Å². The smallest absolute Gasteiger partial charge is 0.386 e. The van der Waals surface area contributed by atoms with Crippen LogP contribution in [0.5, 0.6) is 0 Å². The minimum atomic E-state index is -5.47. The SMILES string of the molecule is CC(C)[C@H](NS(=O)(=O)CCCc1ccccc1)P(=O)(O)C[C@H](C(=O)OC(=O)C(F)(F)F)c1cccc(CN)c1. The number of ether oxygens (including phenoxy) is 1. The van der Waals surface area contributed by atoms with Gasteiger partial charge in [-0.1, -0.05) is 68.4 Å². The van der Waals surface area contributed by atoms with Crippen molar-refractivity contribution in [2.24, 2.45) is 11.7 Å². The summed E-state index contributed by atoms with van der Waals surface area (Å²) in [5.41, 5.74) is 6.95. The van der Waals surface area contributed by atoms with Crippen molar-refractivity contribution in [2.45, 2.75) is 51.1 Å². The lowest BCUT2D eigenvalue weighted by molar-refractivity contribution is -0.202. The van der Waals surface area contributed by atoms with E-state index >= 15 is 0 Å². The fourth-order valence-corrected chi connectivity index (χ4v) is 8.35. The first kappa shape index (κ1) is 32.6. The van der Waals surface area contributed by atoms with Crippen molar-refractivity contribution in [1.29, 1.82) is 0 Å². The molecule has 3 atom stereocenters. The number of rotatable bonds is 13. The molecule has 0 aromatic heterocycles. The number of esters is 2. The van der Waals surface area contributed by atoms with Crippen molar-refractivity contribution in [3.63, 3.8) is 0 Å². The zero-order chi connectivity index (χ0) is 29.4. The van der Waals surface area contributed by atoms with Gasteiger partial charge >= 0.3 is 18.1 Å². The summed E-state index contributed by atoms with van der Waals surface area (Å²) in [7, 11) is -8.71. The average Bonchev–Trinajstić information content (AvgIpc) is 2.85. The Morgan fingerprint density at radius 2 is 1.69 bits per heavy atom. The van der Waals surface area contributed by atoms with E-state index < -0.39 is 59.3 Å². The third kappa shape index (κ3) is 10.2. The fourth-order valence-electron chi connectivity index (χ4n) is 3.89. The number of nitrogens with one attached hydrogen (secondary N) is 1. The lowest BCUT2D eigenvalue weighted by atomic mass is 9.99. The fraction of sp³-hybridized carbons (Fsp3) is 0.440. The predicted molar refractivity (Wildman–Crippen MR) is 139 cm³/mol. The standard InChI is InChI=1S/C25H32F3N2O7PS/c1-17(2)22(30-39(35,36)13-7-11-18-8-4-3-5-9-18)38(33,34)16-21(20-12-6-10-19(14-20)15-29)23(31)37-24(32)25(26,27)28/h3-6,8-10,12,14,17,21-22,30H,7,11,13,15-16,29H2,1-2H3,(H,33,34)/t21-,22+/m0/s1. The van der Waals surface area contributed by atoms with Gasteiger partial charge in [-0.3, -0.25) is 9.36 Å². The highest BCUT2D eigenvalue weighted by molar-refractivity contribution is 7.89. The zero-order valence-electron chi connectivity index (χ0n) is 21.4. The van der Waals surface area contributed by atoms with E-state index in [0.717, 1.165) is 5.56 Å². The normalized spacial score (nSPS) is 15.4. The van der Waals surface area contributed by atoms with E-state index in [-0.39, 0.29) is 24.3 Å². The highest BCUT2D eigenvalue weighted by Gasteiger charge is 2.46. The molecule has 1 unspecified atom stereocenters. The summed E-state index contributed by atoms with van der Waals surface area (Å²) in [5.74, 6) is -8.93. The third-order valence-electron chi connectivity index (χ3n) is 5.83. The van der Waals surface area contributed by atoms with Crippen LogP contribution in [-0.2, 0) is 41.9 Å². The van der Waals surface area contributed by atoms with Crippen molar-refractivity contribution in [3.05, 3.63) is 71.3 Å². The molecule has 0 aliphatic rings. The molecule has 2 aromatic carbocycles. The summed E-state index contributed by atoms with van der Waals surface area (Å²) in [5, 5.41) is 0. The Balaban J connectivity index is 2.29. The van der Waals surface area contributed by atoms with Gasteiger partial charge in [0, 0.05) is 12.7 Å². The van der Waals surface area contributed by atoms with Crippen molar-refractivity contribution in [2.75, 3.05) is 11.9 Å². The molecule has 0 amide bonds. The Morgan fingerprint density at radius 1 is 1.08 bits per heavy atom. The van der Waals surface area contributed by atoms with Crippen LogP contribution in [0.3, 0.4) is 0 Å². The van der Waals surface area contributed by atoms with Gasteiger partial charge in [-0.05, 0) is 35.4 Å². The quantitative estimate of drug-likeness (QED) is 0.181. The van der Waals surface area contributed by atoms with Crippen LogP contribution in [0.15, 0.2) is 54.6 Å². The van der Waals surface area contributed by atoms with Crippen molar-refractivity contribution >= 4 is 29.3 Å². The molecule has 39 heavy (non-hydrogen) atoms. The second-order valence-corrected chi connectivity index (χ2v) is 13.7. The van der Waals surface area contributed by atoms with Crippen molar-refractivity contribution in [3.8, 4) is 0 Å². The first-order chi connectivity index (χ1) is 18.1. The Morgan fingerprint density at radius 3 is 2.26 bits per heavy atom. The number of aryl methyl sites for hydroxylation is 1. The van der Waals surface area contributed by atoms with E-state index in [9.17, 15) is 40.6 Å². The molecule has 216 valence electrons. The molecule has 14 heteroatoms. The Bertz CT molecular complexity index is 1290. The van der Waals surface area contributed by atoms with Crippen molar-refractivity contribution < 1.29 is 45.4 Å². The molecule has 0 saturated heterocycles. The molecular formula is C25H32F3N2O7PS. The molecular weight excluding hydrogens is 560 g/mol. The number of carbonyl (C=O) groups is 2. The molecule has 0 fully saturated rings. The van der Waals surface area contributed by atoms with Gasteiger partial charge in [0.05, 0.1) is 11.7 Å². The van der Waals surface area contributed by atoms with Gasteiger partial charge in [0.2, 0.25) is 17.4 Å². The number of hydrogen-bond acceptors (Lipinski definition) is 7. The second kappa shape index (κ2) is 13.7. The molecule has 0 spiro atoms. The van der Waals surface area contributed by atoms with Crippen LogP contribution in [-0.4, -0.2) is 49.1 Å². The third-order valence-corrected chi connectivity index (χ3v) is 9.93. The van der Waals surface area contributed by atoms with Crippen LogP contribution in [0, 0.1) is 5.92 Å². The first-order valence-corrected chi connectivity index (χ1v) is 15.6. The van der Waals surface area contributed by atoms with Gasteiger partial charge in [-0.2, -0.15) is 13.2 Å². The molecule has 0 radical (unpaired) electrons. The average molecular weight is 593 g/mol. The molecule has 2 rings (SSSR count). The molecule has 0 bridgehead atoms.